The number of carboxylic acids is 1. The quantitative estimate of drug-likeness (QED) is 0.869. The molecular weight excluding hydrogens is 354 g/mol. The molecule has 0 unspecified atom stereocenters. The SMILES string of the molecule is CCc1nnc(Sc2ncccc2Br)c(C(=O)O)c1CC. The molecule has 7 heteroatoms. The fourth-order valence-corrected chi connectivity index (χ4v) is 3.34. The van der Waals surface area contributed by atoms with Gasteiger partial charge in [0.15, 0.2) is 0 Å². The van der Waals surface area contributed by atoms with E-state index in [4.69, 9.17) is 0 Å². The summed E-state index contributed by atoms with van der Waals surface area (Å²) in [7, 11) is 0. The van der Waals surface area contributed by atoms with Gasteiger partial charge in [0, 0.05) is 6.20 Å². The van der Waals surface area contributed by atoms with Crippen LogP contribution < -0.4 is 0 Å². The van der Waals surface area contributed by atoms with Gasteiger partial charge in [0.05, 0.1) is 15.7 Å². The molecule has 2 heterocycles. The van der Waals surface area contributed by atoms with E-state index in [0.717, 1.165) is 15.7 Å². The molecule has 5 nitrogen and oxygen atoms in total. The maximum atomic E-state index is 11.6. The second kappa shape index (κ2) is 7.00. The second-order valence-electron chi connectivity index (χ2n) is 4.21. The molecule has 2 aromatic heterocycles. The van der Waals surface area contributed by atoms with Crippen molar-refractivity contribution in [1.29, 1.82) is 0 Å². The van der Waals surface area contributed by atoms with Gasteiger partial charge >= 0.3 is 5.97 Å². The summed E-state index contributed by atoms with van der Waals surface area (Å²) in [4.78, 5) is 15.9. The van der Waals surface area contributed by atoms with Crippen LogP contribution >= 0.6 is 27.7 Å². The minimum absolute atomic E-state index is 0.229. The van der Waals surface area contributed by atoms with Gasteiger partial charge < -0.3 is 5.11 Å². The molecule has 110 valence electrons. The Labute approximate surface area is 135 Å². The molecule has 0 saturated heterocycles. The summed E-state index contributed by atoms with van der Waals surface area (Å²) in [6, 6.07) is 3.65. The number of aromatic nitrogens is 3. The van der Waals surface area contributed by atoms with Crippen molar-refractivity contribution in [1.82, 2.24) is 15.2 Å². The van der Waals surface area contributed by atoms with E-state index in [1.54, 1.807) is 12.3 Å². The minimum atomic E-state index is -0.981. The van der Waals surface area contributed by atoms with E-state index in [-0.39, 0.29) is 5.56 Å². The zero-order valence-electron chi connectivity index (χ0n) is 11.6. The van der Waals surface area contributed by atoms with Crippen molar-refractivity contribution >= 4 is 33.7 Å². The van der Waals surface area contributed by atoms with Gasteiger partial charge in [-0.3, -0.25) is 0 Å². The van der Waals surface area contributed by atoms with Crippen LogP contribution in [0, 0.1) is 0 Å². The standard InChI is InChI=1S/C14H14BrN3O2S/c1-3-8-10(4-2)17-18-13(11(8)14(19)20)21-12-9(15)6-5-7-16-12/h5-7H,3-4H2,1-2H3,(H,19,20). The highest BCUT2D eigenvalue weighted by molar-refractivity contribution is 9.10. The van der Waals surface area contributed by atoms with E-state index < -0.39 is 5.97 Å². The number of aryl methyl sites for hydroxylation is 1. The number of rotatable bonds is 5. The zero-order chi connectivity index (χ0) is 15.4. The van der Waals surface area contributed by atoms with E-state index in [0.29, 0.717) is 22.9 Å². The van der Waals surface area contributed by atoms with Crippen LogP contribution in [0.25, 0.3) is 0 Å². The van der Waals surface area contributed by atoms with Crippen molar-refractivity contribution in [2.75, 3.05) is 0 Å². The maximum absolute atomic E-state index is 11.6. The van der Waals surface area contributed by atoms with Crippen molar-refractivity contribution < 1.29 is 9.90 Å². The molecule has 0 aliphatic heterocycles. The molecule has 0 radical (unpaired) electrons. The van der Waals surface area contributed by atoms with Crippen LogP contribution in [0.3, 0.4) is 0 Å². The minimum Gasteiger partial charge on any atom is -0.478 e. The highest BCUT2D eigenvalue weighted by Gasteiger charge is 2.21. The van der Waals surface area contributed by atoms with Crippen molar-refractivity contribution in [2.45, 2.75) is 36.7 Å². The van der Waals surface area contributed by atoms with E-state index in [9.17, 15) is 9.90 Å². The molecule has 0 atom stereocenters. The summed E-state index contributed by atoms with van der Waals surface area (Å²) in [6.07, 6.45) is 2.92. The van der Waals surface area contributed by atoms with Crippen LogP contribution in [0.1, 0.15) is 35.5 Å². The number of halogens is 1. The van der Waals surface area contributed by atoms with Gasteiger partial charge in [-0.2, -0.15) is 5.10 Å². The molecule has 0 bridgehead atoms. The molecule has 0 aliphatic rings. The fourth-order valence-electron chi connectivity index (χ4n) is 1.98. The Balaban J connectivity index is 2.54. The van der Waals surface area contributed by atoms with Crippen LogP contribution in [-0.2, 0) is 12.8 Å². The third-order valence-electron chi connectivity index (χ3n) is 2.95. The molecule has 2 rings (SSSR count). The first-order valence-corrected chi connectivity index (χ1v) is 8.09. The van der Waals surface area contributed by atoms with Gasteiger partial charge in [-0.15, -0.1) is 5.10 Å². The maximum Gasteiger partial charge on any atom is 0.338 e. The Kier molecular flexibility index (Phi) is 5.30. The summed E-state index contributed by atoms with van der Waals surface area (Å²) in [6.45, 7) is 3.87. The molecule has 21 heavy (non-hydrogen) atoms. The summed E-state index contributed by atoms with van der Waals surface area (Å²) >= 11 is 4.61. The van der Waals surface area contributed by atoms with Crippen LogP contribution in [0.4, 0.5) is 0 Å². The third kappa shape index (κ3) is 3.41. The lowest BCUT2D eigenvalue weighted by Crippen LogP contribution is -2.11. The van der Waals surface area contributed by atoms with Gasteiger partial charge in [-0.1, -0.05) is 13.8 Å². The van der Waals surface area contributed by atoms with Crippen LogP contribution in [0.15, 0.2) is 32.9 Å². The number of hydrogen-bond donors (Lipinski definition) is 1. The highest BCUT2D eigenvalue weighted by atomic mass is 79.9. The number of pyridine rings is 1. The van der Waals surface area contributed by atoms with E-state index in [1.165, 1.54) is 11.8 Å². The monoisotopic (exact) mass is 367 g/mol. The first kappa shape index (κ1) is 15.9. The lowest BCUT2D eigenvalue weighted by Gasteiger charge is -2.12. The smallest absolute Gasteiger partial charge is 0.338 e. The largest absolute Gasteiger partial charge is 0.478 e. The number of nitrogens with zero attached hydrogens (tertiary/aromatic N) is 3. The zero-order valence-corrected chi connectivity index (χ0v) is 14.0. The van der Waals surface area contributed by atoms with E-state index in [2.05, 4.69) is 31.1 Å². The Morgan fingerprint density at radius 2 is 2.05 bits per heavy atom. The van der Waals surface area contributed by atoms with Gasteiger partial charge in [-0.05, 0) is 58.2 Å². The first-order valence-electron chi connectivity index (χ1n) is 6.48. The third-order valence-corrected chi connectivity index (χ3v) is 4.85. The van der Waals surface area contributed by atoms with Crippen LogP contribution in [0.2, 0.25) is 0 Å². The van der Waals surface area contributed by atoms with Crippen molar-refractivity contribution in [3.8, 4) is 0 Å². The summed E-state index contributed by atoms with van der Waals surface area (Å²) in [5.74, 6) is -0.981. The van der Waals surface area contributed by atoms with Gasteiger partial charge in [0.1, 0.15) is 10.1 Å². The van der Waals surface area contributed by atoms with Gasteiger partial charge in [0.25, 0.3) is 0 Å². The van der Waals surface area contributed by atoms with E-state index in [1.807, 2.05) is 19.9 Å². The van der Waals surface area contributed by atoms with Gasteiger partial charge in [-0.25, -0.2) is 9.78 Å². The molecule has 0 aromatic carbocycles. The molecule has 0 spiro atoms. The number of hydrogen-bond acceptors (Lipinski definition) is 5. The van der Waals surface area contributed by atoms with Crippen LogP contribution in [0.5, 0.6) is 0 Å². The van der Waals surface area contributed by atoms with Crippen molar-refractivity contribution in [2.24, 2.45) is 0 Å². The topological polar surface area (TPSA) is 76.0 Å². The highest BCUT2D eigenvalue weighted by Crippen LogP contribution is 2.33. The predicted molar refractivity (Wildman–Crippen MR) is 83.8 cm³/mol. The summed E-state index contributed by atoms with van der Waals surface area (Å²) in [5.41, 5.74) is 1.71. The Bertz CT molecular complexity index is 679. The van der Waals surface area contributed by atoms with E-state index >= 15 is 0 Å². The number of aromatic carboxylic acids is 1. The molecule has 0 fully saturated rings. The average molecular weight is 368 g/mol. The predicted octanol–water partition coefficient (Wildman–Crippen LogP) is 3.61. The van der Waals surface area contributed by atoms with Crippen molar-refractivity contribution in [3.05, 3.63) is 39.6 Å². The molecule has 1 N–H and O–H groups in total. The molecule has 2 aromatic rings. The number of carboxylic acid groups (broad SMARTS) is 1. The lowest BCUT2D eigenvalue weighted by atomic mass is 10.0. The molecule has 0 amide bonds. The second-order valence-corrected chi connectivity index (χ2v) is 6.04. The molecule has 0 aliphatic carbocycles. The molecular formula is C14H14BrN3O2S. The lowest BCUT2D eigenvalue weighted by molar-refractivity contribution is 0.0690. The van der Waals surface area contributed by atoms with Crippen LogP contribution in [-0.4, -0.2) is 26.3 Å². The first-order chi connectivity index (χ1) is 10.1. The Morgan fingerprint density at radius 3 is 2.62 bits per heavy atom. The summed E-state index contributed by atoms with van der Waals surface area (Å²) in [5, 5.41) is 18.8. The average Bonchev–Trinajstić information content (AvgIpc) is 2.48. The normalized spacial score (nSPS) is 10.6. The Morgan fingerprint density at radius 1 is 1.29 bits per heavy atom. The molecule has 0 saturated carbocycles. The Hall–Kier alpha value is -1.47. The van der Waals surface area contributed by atoms with Gasteiger partial charge in [0.2, 0.25) is 0 Å². The summed E-state index contributed by atoms with van der Waals surface area (Å²) < 4.78 is 0.797. The van der Waals surface area contributed by atoms with Crippen molar-refractivity contribution in [3.63, 3.8) is 0 Å². The number of carbonyl (C=O) groups is 1. The fraction of sp³-hybridized carbons (Fsp3) is 0.286.